The van der Waals surface area contributed by atoms with Gasteiger partial charge in [-0.15, -0.1) is 0 Å². The highest BCUT2D eigenvalue weighted by molar-refractivity contribution is 5.71. The Balaban J connectivity index is 4.12. The van der Waals surface area contributed by atoms with Crippen molar-refractivity contribution in [3.63, 3.8) is 0 Å². The van der Waals surface area contributed by atoms with Gasteiger partial charge in [0.15, 0.2) is 6.10 Å². The minimum atomic E-state index is -0.758. The van der Waals surface area contributed by atoms with Crippen LogP contribution < -0.4 is 0 Å². The van der Waals surface area contributed by atoms with Crippen LogP contribution in [0.25, 0.3) is 0 Å². The van der Waals surface area contributed by atoms with E-state index in [1.165, 1.54) is 186 Å². The fraction of sp³-hybridized carbons (Fsp3) is 0.942. The average Bonchev–Trinajstić information content (AvgIpc) is 3.21. The summed E-state index contributed by atoms with van der Waals surface area (Å²) in [5.41, 5.74) is 0. The normalized spacial score (nSPS) is 11.9. The largest absolute Gasteiger partial charge is 0.462 e. The monoisotopic (exact) mass is 821 g/mol. The molecule has 0 aromatic carbocycles. The van der Waals surface area contributed by atoms with E-state index in [0.717, 1.165) is 63.7 Å². The second-order valence-corrected chi connectivity index (χ2v) is 18.3. The minimum Gasteiger partial charge on any atom is -0.462 e. The van der Waals surface area contributed by atoms with Crippen LogP contribution in [0.4, 0.5) is 0 Å². The van der Waals surface area contributed by atoms with E-state index >= 15 is 0 Å². The zero-order valence-corrected chi connectivity index (χ0v) is 39.5. The lowest BCUT2D eigenvalue weighted by atomic mass is 10.0. The topological polar surface area (TPSA) is 78.9 Å². The van der Waals surface area contributed by atoms with E-state index in [1.807, 2.05) is 0 Å². The zero-order valence-electron chi connectivity index (χ0n) is 39.5. The minimum absolute atomic E-state index is 0.0631. The van der Waals surface area contributed by atoms with E-state index in [9.17, 15) is 14.4 Å². The third kappa shape index (κ3) is 45.5. The SMILES string of the molecule is CCCCCCCCCCCCCCC(=O)O[C@@H](COC(=O)CCCCCCCCC)COC(=O)CCCCCCCCCCCCCCCCCCCCC(C)C. The van der Waals surface area contributed by atoms with Crippen molar-refractivity contribution in [2.24, 2.45) is 5.92 Å². The lowest BCUT2D eigenvalue weighted by Crippen LogP contribution is -2.30. The highest BCUT2D eigenvalue weighted by Crippen LogP contribution is 2.17. The van der Waals surface area contributed by atoms with Gasteiger partial charge in [-0.1, -0.05) is 252 Å². The fourth-order valence-corrected chi connectivity index (χ4v) is 7.86. The Morgan fingerprint density at radius 3 is 0.845 bits per heavy atom. The van der Waals surface area contributed by atoms with Crippen LogP contribution in [-0.2, 0) is 28.6 Å². The second kappa shape index (κ2) is 46.5. The van der Waals surface area contributed by atoms with Gasteiger partial charge in [0.05, 0.1) is 0 Å². The van der Waals surface area contributed by atoms with E-state index in [2.05, 4.69) is 27.7 Å². The van der Waals surface area contributed by atoms with Crippen LogP contribution in [0.15, 0.2) is 0 Å². The molecule has 0 rings (SSSR count). The standard InChI is InChI=1S/C52H100O6/c1-5-7-9-11-13-14-15-25-29-33-37-41-45-52(55)58-49(46-56-50(53)43-39-35-30-12-10-8-6-2)47-57-51(54)44-40-36-32-28-26-23-21-19-17-16-18-20-22-24-27-31-34-38-42-48(3)4/h48-49H,5-47H2,1-4H3/t49-/m0/s1. The number of rotatable bonds is 47. The summed E-state index contributed by atoms with van der Waals surface area (Å²) in [5.74, 6) is 0.00694. The summed E-state index contributed by atoms with van der Waals surface area (Å²) in [7, 11) is 0. The van der Waals surface area contributed by atoms with Gasteiger partial charge in [-0.2, -0.15) is 0 Å². The summed E-state index contributed by atoms with van der Waals surface area (Å²) >= 11 is 0. The Morgan fingerprint density at radius 2 is 0.569 bits per heavy atom. The lowest BCUT2D eigenvalue weighted by Gasteiger charge is -2.18. The Labute approximate surface area is 361 Å². The van der Waals surface area contributed by atoms with Crippen molar-refractivity contribution in [2.45, 2.75) is 297 Å². The molecule has 0 aliphatic rings. The van der Waals surface area contributed by atoms with E-state index in [4.69, 9.17) is 14.2 Å². The fourth-order valence-electron chi connectivity index (χ4n) is 7.86. The van der Waals surface area contributed by atoms with Crippen molar-refractivity contribution in [3.05, 3.63) is 0 Å². The average molecular weight is 821 g/mol. The first kappa shape index (κ1) is 56.4. The Kier molecular flexibility index (Phi) is 45.2. The molecule has 0 aliphatic carbocycles. The quantitative estimate of drug-likeness (QED) is 0.0346. The van der Waals surface area contributed by atoms with Crippen LogP contribution in [0.5, 0.6) is 0 Å². The van der Waals surface area contributed by atoms with Crippen LogP contribution in [0.1, 0.15) is 291 Å². The molecule has 1 atom stereocenters. The summed E-state index contributed by atoms with van der Waals surface area (Å²) in [4.78, 5) is 37.7. The predicted molar refractivity (Wildman–Crippen MR) is 247 cm³/mol. The molecule has 0 amide bonds. The molecule has 0 saturated carbocycles. The molecule has 0 aliphatic heterocycles. The smallest absolute Gasteiger partial charge is 0.306 e. The number of hydrogen-bond acceptors (Lipinski definition) is 6. The third-order valence-corrected chi connectivity index (χ3v) is 11.8. The van der Waals surface area contributed by atoms with Gasteiger partial charge in [0, 0.05) is 19.3 Å². The summed E-state index contributed by atoms with van der Waals surface area (Å²) in [5, 5.41) is 0. The van der Waals surface area contributed by atoms with Gasteiger partial charge in [-0.25, -0.2) is 0 Å². The third-order valence-electron chi connectivity index (χ3n) is 11.8. The molecule has 0 fully saturated rings. The number of carbonyl (C=O) groups is 3. The van der Waals surface area contributed by atoms with Crippen LogP contribution in [0, 0.1) is 5.92 Å². The second-order valence-electron chi connectivity index (χ2n) is 18.3. The Bertz CT molecular complexity index is 872. The van der Waals surface area contributed by atoms with Crippen molar-refractivity contribution in [2.75, 3.05) is 13.2 Å². The maximum Gasteiger partial charge on any atom is 0.306 e. The molecule has 0 unspecified atom stereocenters. The van der Waals surface area contributed by atoms with Crippen LogP contribution >= 0.6 is 0 Å². The lowest BCUT2D eigenvalue weighted by molar-refractivity contribution is -0.167. The molecule has 6 nitrogen and oxygen atoms in total. The van der Waals surface area contributed by atoms with E-state index in [-0.39, 0.29) is 31.1 Å². The van der Waals surface area contributed by atoms with Crippen molar-refractivity contribution in [3.8, 4) is 0 Å². The van der Waals surface area contributed by atoms with Gasteiger partial charge in [0.2, 0.25) is 0 Å². The highest BCUT2D eigenvalue weighted by Gasteiger charge is 2.19. The molecule has 0 N–H and O–H groups in total. The molecule has 0 aromatic heterocycles. The maximum absolute atomic E-state index is 12.7. The van der Waals surface area contributed by atoms with Gasteiger partial charge in [0.1, 0.15) is 13.2 Å². The molecular formula is C52H100O6. The van der Waals surface area contributed by atoms with E-state index in [1.54, 1.807) is 0 Å². The van der Waals surface area contributed by atoms with Gasteiger partial charge >= 0.3 is 17.9 Å². The molecule has 0 spiro atoms. The number of esters is 3. The Morgan fingerprint density at radius 1 is 0.328 bits per heavy atom. The molecule has 0 saturated heterocycles. The van der Waals surface area contributed by atoms with Crippen molar-refractivity contribution in [1.29, 1.82) is 0 Å². The zero-order chi connectivity index (χ0) is 42.4. The molecule has 58 heavy (non-hydrogen) atoms. The summed E-state index contributed by atoms with van der Waals surface area (Å²) in [6.07, 6.45) is 48.2. The molecular weight excluding hydrogens is 721 g/mol. The number of carbonyl (C=O) groups excluding carboxylic acids is 3. The maximum atomic E-state index is 12.7. The first-order valence-electron chi connectivity index (χ1n) is 25.9. The molecule has 0 bridgehead atoms. The number of ether oxygens (including phenoxy) is 3. The van der Waals surface area contributed by atoms with Crippen molar-refractivity contribution in [1.82, 2.24) is 0 Å². The molecule has 0 radical (unpaired) electrons. The Hall–Kier alpha value is -1.59. The number of hydrogen-bond donors (Lipinski definition) is 0. The van der Waals surface area contributed by atoms with Gasteiger partial charge in [-0.05, 0) is 25.2 Å². The van der Waals surface area contributed by atoms with E-state index in [0.29, 0.717) is 19.3 Å². The first-order chi connectivity index (χ1) is 28.4. The molecule has 344 valence electrons. The summed E-state index contributed by atoms with van der Waals surface area (Å²) in [6.45, 7) is 9.00. The van der Waals surface area contributed by atoms with Gasteiger partial charge in [-0.3, -0.25) is 14.4 Å². The van der Waals surface area contributed by atoms with Gasteiger partial charge in [0.25, 0.3) is 0 Å². The van der Waals surface area contributed by atoms with Gasteiger partial charge < -0.3 is 14.2 Å². The summed E-state index contributed by atoms with van der Waals surface area (Å²) < 4.78 is 16.7. The van der Waals surface area contributed by atoms with Crippen LogP contribution in [0.3, 0.4) is 0 Å². The first-order valence-corrected chi connectivity index (χ1v) is 25.9. The van der Waals surface area contributed by atoms with Crippen molar-refractivity contribution >= 4 is 17.9 Å². The van der Waals surface area contributed by atoms with Crippen LogP contribution in [-0.4, -0.2) is 37.2 Å². The molecule has 6 heteroatoms. The van der Waals surface area contributed by atoms with Crippen molar-refractivity contribution < 1.29 is 28.6 Å². The highest BCUT2D eigenvalue weighted by atomic mass is 16.6. The van der Waals surface area contributed by atoms with E-state index < -0.39 is 6.10 Å². The molecule has 0 heterocycles. The molecule has 0 aromatic rings. The predicted octanol–water partition coefficient (Wildman–Crippen LogP) is 16.7. The summed E-state index contributed by atoms with van der Waals surface area (Å²) in [6, 6.07) is 0. The van der Waals surface area contributed by atoms with Crippen LogP contribution in [0.2, 0.25) is 0 Å². The number of unbranched alkanes of at least 4 members (excludes halogenated alkanes) is 34.